The van der Waals surface area contributed by atoms with Crippen LogP contribution in [0.1, 0.15) is 40.0 Å². The average molecular weight is 315 g/mol. The van der Waals surface area contributed by atoms with Gasteiger partial charge in [0.2, 0.25) is 0 Å². The van der Waals surface area contributed by atoms with Crippen molar-refractivity contribution in [2.75, 3.05) is 39.5 Å². The highest BCUT2D eigenvalue weighted by atomic mass is 32.2. The molecule has 0 spiro atoms. The smallest absolute Gasteiger partial charge is 0.191 e. The molecule has 124 valence electrons. The third-order valence-electron chi connectivity index (χ3n) is 3.80. The van der Waals surface area contributed by atoms with E-state index >= 15 is 0 Å². The van der Waals surface area contributed by atoms with Crippen LogP contribution < -0.4 is 10.6 Å². The highest BCUT2D eigenvalue weighted by molar-refractivity contribution is 8.00. The number of hydrogen-bond donors (Lipinski definition) is 2. The van der Waals surface area contributed by atoms with E-state index in [1.807, 2.05) is 0 Å². The van der Waals surface area contributed by atoms with Gasteiger partial charge in [-0.05, 0) is 52.0 Å². The molecule has 0 radical (unpaired) electrons. The first-order valence-electron chi connectivity index (χ1n) is 8.33. The van der Waals surface area contributed by atoms with Crippen LogP contribution in [-0.4, -0.2) is 61.6 Å². The zero-order valence-electron chi connectivity index (χ0n) is 14.5. The molecule has 1 aliphatic rings. The van der Waals surface area contributed by atoms with Crippen LogP contribution in [0.25, 0.3) is 0 Å². The number of likely N-dealkylation sites (N-methyl/N-ethyl adjacent to an activating group) is 1. The zero-order chi connectivity index (χ0) is 15.7. The van der Waals surface area contributed by atoms with E-state index in [9.17, 15) is 0 Å². The maximum atomic E-state index is 4.79. The van der Waals surface area contributed by atoms with Crippen molar-refractivity contribution >= 4 is 17.7 Å². The highest BCUT2D eigenvalue weighted by Gasteiger charge is 2.16. The van der Waals surface area contributed by atoms with Crippen molar-refractivity contribution < 1.29 is 0 Å². The number of guanidine groups is 1. The molecule has 2 N–H and O–H groups in total. The van der Waals surface area contributed by atoms with Crippen molar-refractivity contribution in [2.45, 2.75) is 51.3 Å². The van der Waals surface area contributed by atoms with Crippen molar-refractivity contribution in [3.8, 4) is 0 Å². The first-order chi connectivity index (χ1) is 10.0. The van der Waals surface area contributed by atoms with Gasteiger partial charge >= 0.3 is 0 Å². The Morgan fingerprint density at radius 3 is 2.62 bits per heavy atom. The lowest BCUT2D eigenvalue weighted by molar-refractivity contribution is 0.261. The van der Waals surface area contributed by atoms with Gasteiger partial charge in [0.15, 0.2) is 5.96 Å². The van der Waals surface area contributed by atoms with Crippen molar-refractivity contribution in [3.63, 3.8) is 0 Å². The van der Waals surface area contributed by atoms with Crippen molar-refractivity contribution in [1.82, 2.24) is 15.5 Å². The Labute approximate surface area is 135 Å². The predicted molar refractivity (Wildman–Crippen MR) is 96.4 cm³/mol. The predicted octanol–water partition coefficient (Wildman–Crippen LogP) is 2.41. The van der Waals surface area contributed by atoms with Crippen molar-refractivity contribution in [1.29, 1.82) is 0 Å². The van der Waals surface area contributed by atoms with Crippen molar-refractivity contribution in [3.05, 3.63) is 0 Å². The molecule has 21 heavy (non-hydrogen) atoms. The Hall–Kier alpha value is -0.420. The van der Waals surface area contributed by atoms with E-state index in [1.165, 1.54) is 25.0 Å². The fraction of sp³-hybridized carbons (Fsp3) is 0.938. The summed E-state index contributed by atoms with van der Waals surface area (Å²) in [4.78, 5) is 7.08. The van der Waals surface area contributed by atoms with Gasteiger partial charge in [0, 0.05) is 24.4 Å². The van der Waals surface area contributed by atoms with Crippen molar-refractivity contribution in [2.24, 2.45) is 10.9 Å². The fourth-order valence-corrected chi connectivity index (χ4v) is 3.75. The minimum absolute atomic E-state index is 0.515. The molecule has 0 aliphatic carbocycles. The van der Waals surface area contributed by atoms with E-state index in [1.54, 1.807) is 0 Å². The number of aliphatic imine (C=N–C) groups is 1. The molecule has 1 saturated heterocycles. The van der Waals surface area contributed by atoms with E-state index in [2.05, 4.69) is 62.2 Å². The summed E-state index contributed by atoms with van der Waals surface area (Å²) in [6, 6.07) is 0.515. The van der Waals surface area contributed by atoms with Crippen LogP contribution in [0.5, 0.6) is 0 Å². The second kappa shape index (κ2) is 10.3. The van der Waals surface area contributed by atoms with Gasteiger partial charge < -0.3 is 15.5 Å². The molecule has 0 bridgehead atoms. The molecular formula is C16H34N4S. The van der Waals surface area contributed by atoms with Gasteiger partial charge in [-0.15, -0.1) is 0 Å². The molecule has 1 rings (SSSR count). The lowest BCUT2D eigenvalue weighted by Gasteiger charge is -2.25. The number of nitrogens with one attached hydrogen (secondary N) is 2. The Bertz CT molecular complexity index is 299. The van der Waals surface area contributed by atoms with Gasteiger partial charge in [-0.3, -0.25) is 4.99 Å². The lowest BCUT2D eigenvalue weighted by atomic mass is 10.0. The van der Waals surface area contributed by atoms with Crippen LogP contribution >= 0.6 is 11.8 Å². The van der Waals surface area contributed by atoms with Gasteiger partial charge in [-0.1, -0.05) is 13.8 Å². The minimum atomic E-state index is 0.515. The Morgan fingerprint density at radius 2 is 2.10 bits per heavy atom. The SMILES string of the molecule is CCNC(=NCC(CC(C)C)N(C)C)NCC1CCCS1. The lowest BCUT2D eigenvalue weighted by Crippen LogP contribution is -2.41. The molecule has 2 unspecified atom stereocenters. The summed E-state index contributed by atoms with van der Waals surface area (Å²) in [6.07, 6.45) is 3.89. The molecule has 2 atom stereocenters. The molecule has 0 amide bonds. The summed E-state index contributed by atoms with van der Waals surface area (Å²) >= 11 is 2.09. The van der Waals surface area contributed by atoms with Gasteiger partial charge in [-0.2, -0.15) is 11.8 Å². The molecule has 0 aromatic heterocycles. The minimum Gasteiger partial charge on any atom is -0.357 e. The Morgan fingerprint density at radius 1 is 1.33 bits per heavy atom. The average Bonchev–Trinajstić information content (AvgIpc) is 2.92. The number of nitrogens with zero attached hydrogens (tertiary/aromatic N) is 2. The van der Waals surface area contributed by atoms with Crippen LogP contribution in [0.15, 0.2) is 4.99 Å². The maximum Gasteiger partial charge on any atom is 0.191 e. The molecule has 0 saturated carbocycles. The summed E-state index contributed by atoms with van der Waals surface area (Å²) in [6.45, 7) is 9.49. The Kier molecular flexibility index (Phi) is 9.16. The molecule has 0 aromatic rings. The number of thioether (sulfide) groups is 1. The monoisotopic (exact) mass is 314 g/mol. The van der Waals surface area contributed by atoms with Gasteiger partial charge in [-0.25, -0.2) is 0 Å². The molecule has 0 aromatic carbocycles. The number of rotatable bonds is 8. The standard InChI is InChI=1S/C16H34N4S/c1-6-17-16(19-12-15-8-7-9-21-15)18-11-14(20(4)5)10-13(2)3/h13-15H,6-12H2,1-5H3,(H2,17,18,19). The third kappa shape index (κ3) is 7.96. The fourth-order valence-electron chi connectivity index (χ4n) is 2.55. The van der Waals surface area contributed by atoms with Crippen LogP contribution in [-0.2, 0) is 0 Å². The van der Waals surface area contributed by atoms with E-state index < -0.39 is 0 Å². The number of hydrogen-bond acceptors (Lipinski definition) is 3. The van der Waals surface area contributed by atoms with E-state index in [0.717, 1.165) is 30.8 Å². The van der Waals surface area contributed by atoms with Gasteiger partial charge in [0.1, 0.15) is 0 Å². The summed E-state index contributed by atoms with van der Waals surface area (Å²) in [7, 11) is 4.30. The van der Waals surface area contributed by atoms with Crippen LogP contribution in [0, 0.1) is 5.92 Å². The van der Waals surface area contributed by atoms with Crippen LogP contribution in [0.4, 0.5) is 0 Å². The quantitative estimate of drug-likeness (QED) is 0.533. The summed E-state index contributed by atoms with van der Waals surface area (Å²) in [5, 5.41) is 7.63. The first-order valence-corrected chi connectivity index (χ1v) is 9.38. The van der Waals surface area contributed by atoms with E-state index in [0.29, 0.717) is 12.0 Å². The summed E-state index contributed by atoms with van der Waals surface area (Å²) in [5.41, 5.74) is 0. The first kappa shape index (κ1) is 18.6. The highest BCUT2D eigenvalue weighted by Crippen LogP contribution is 2.25. The largest absolute Gasteiger partial charge is 0.357 e. The van der Waals surface area contributed by atoms with Gasteiger partial charge in [0.25, 0.3) is 0 Å². The zero-order valence-corrected chi connectivity index (χ0v) is 15.3. The topological polar surface area (TPSA) is 39.7 Å². The second-order valence-electron chi connectivity index (χ2n) is 6.48. The van der Waals surface area contributed by atoms with Crippen LogP contribution in [0.2, 0.25) is 0 Å². The third-order valence-corrected chi connectivity index (χ3v) is 5.20. The maximum absolute atomic E-state index is 4.79. The van der Waals surface area contributed by atoms with Gasteiger partial charge in [0.05, 0.1) is 6.54 Å². The van der Waals surface area contributed by atoms with Crippen LogP contribution in [0.3, 0.4) is 0 Å². The Balaban J connectivity index is 2.47. The second-order valence-corrected chi connectivity index (χ2v) is 7.89. The van der Waals surface area contributed by atoms with E-state index in [4.69, 9.17) is 4.99 Å². The molecular weight excluding hydrogens is 280 g/mol. The summed E-state index contributed by atoms with van der Waals surface area (Å²) < 4.78 is 0. The molecule has 1 aliphatic heterocycles. The molecule has 4 nitrogen and oxygen atoms in total. The molecule has 5 heteroatoms. The summed E-state index contributed by atoms with van der Waals surface area (Å²) in [5.74, 6) is 3.00. The molecule has 1 heterocycles. The normalized spacial score (nSPS) is 21.1. The molecule has 1 fully saturated rings. The van der Waals surface area contributed by atoms with E-state index in [-0.39, 0.29) is 0 Å².